The van der Waals surface area contributed by atoms with Crippen LogP contribution in [0.4, 0.5) is 0 Å². The number of amides is 2. The van der Waals surface area contributed by atoms with Crippen LogP contribution in [-0.4, -0.2) is 58.1 Å². The van der Waals surface area contributed by atoms with Gasteiger partial charge in [0, 0.05) is 30.2 Å². The smallest absolute Gasteiger partial charge is 0.236 e. The van der Waals surface area contributed by atoms with Crippen molar-refractivity contribution >= 4 is 23.2 Å². The fourth-order valence-corrected chi connectivity index (χ4v) is 3.62. The summed E-state index contributed by atoms with van der Waals surface area (Å²) in [6, 6.07) is 13.8. The summed E-state index contributed by atoms with van der Waals surface area (Å²) >= 11 is 1.61. The van der Waals surface area contributed by atoms with Gasteiger partial charge in [0.1, 0.15) is 0 Å². The zero-order chi connectivity index (χ0) is 21.3. The van der Waals surface area contributed by atoms with Crippen molar-refractivity contribution in [3.63, 3.8) is 0 Å². The number of rotatable bonds is 10. The molecule has 0 spiro atoms. The fraction of sp³-hybridized carbons (Fsp3) is 0.318. The predicted molar refractivity (Wildman–Crippen MR) is 118 cm³/mol. The number of hydrogen-bond donors (Lipinski definition) is 1. The molecule has 0 radical (unpaired) electrons. The maximum absolute atomic E-state index is 12.6. The molecule has 0 saturated carbocycles. The maximum atomic E-state index is 12.6. The number of carbonyl (C=O) groups excluding carboxylic acids is 2. The van der Waals surface area contributed by atoms with Gasteiger partial charge in [0.15, 0.2) is 0 Å². The van der Waals surface area contributed by atoms with Crippen LogP contribution in [-0.2, 0) is 22.7 Å². The van der Waals surface area contributed by atoms with E-state index in [1.165, 1.54) is 0 Å². The van der Waals surface area contributed by atoms with E-state index in [1.807, 2.05) is 65.9 Å². The normalized spacial score (nSPS) is 10.9. The molecule has 0 atom stereocenters. The van der Waals surface area contributed by atoms with Crippen LogP contribution >= 0.6 is 11.3 Å². The van der Waals surface area contributed by atoms with E-state index in [9.17, 15) is 9.59 Å². The number of hydrogen-bond acceptors (Lipinski definition) is 5. The summed E-state index contributed by atoms with van der Waals surface area (Å²) < 4.78 is 1.80. The second-order valence-corrected chi connectivity index (χ2v) is 8.07. The summed E-state index contributed by atoms with van der Waals surface area (Å²) in [7, 11) is 1.77. The number of aromatic nitrogens is 2. The van der Waals surface area contributed by atoms with E-state index >= 15 is 0 Å². The van der Waals surface area contributed by atoms with Crippen molar-refractivity contribution in [3.8, 4) is 5.69 Å². The molecule has 2 heterocycles. The number of para-hydroxylation sites is 1. The van der Waals surface area contributed by atoms with Crippen molar-refractivity contribution in [1.29, 1.82) is 0 Å². The van der Waals surface area contributed by atoms with Crippen molar-refractivity contribution in [2.24, 2.45) is 0 Å². The third kappa shape index (κ3) is 6.27. The molecule has 0 aliphatic heterocycles. The molecule has 1 N–H and O–H groups in total. The van der Waals surface area contributed by atoms with Gasteiger partial charge in [0.05, 0.1) is 31.5 Å². The van der Waals surface area contributed by atoms with Crippen LogP contribution in [0.15, 0.2) is 60.2 Å². The molecular formula is C22H27N5O2S. The Bertz CT molecular complexity index is 940. The third-order valence-electron chi connectivity index (χ3n) is 4.72. The maximum Gasteiger partial charge on any atom is 0.236 e. The zero-order valence-corrected chi connectivity index (χ0v) is 18.1. The lowest BCUT2D eigenvalue weighted by atomic mass is 10.3. The minimum Gasteiger partial charge on any atom is -0.350 e. The van der Waals surface area contributed by atoms with Crippen molar-refractivity contribution < 1.29 is 9.59 Å². The van der Waals surface area contributed by atoms with Crippen LogP contribution in [0.25, 0.3) is 5.69 Å². The van der Waals surface area contributed by atoms with Gasteiger partial charge >= 0.3 is 0 Å². The number of carbonyl (C=O) groups is 2. The lowest BCUT2D eigenvalue weighted by Gasteiger charge is -2.23. The molecule has 0 bridgehead atoms. The second-order valence-electron chi connectivity index (χ2n) is 7.04. The summed E-state index contributed by atoms with van der Waals surface area (Å²) in [6.07, 6.45) is 3.70. The Labute approximate surface area is 180 Å². The van der Waals surface area contributed by atoms with Gasteiger partial charge in [-0.05, 0) is 30.1 Å². The average molecular weight is 426 g/mol. The van der Waals surface area contributed by atoms with Gasteiger partial charge in [0.2, 0.25) is 11.8 Å². The van der Waals surface area contributed by atoms with Crippen molar-refractivity contribution in [3.05, 3.63) is 70.7 Å². The molecule has 158 valence electrons. The highest BCUT2D eigenvalue weighted by molar-refractivity contribution is 7.09. The Kier molecular flexibility index (Phi) is 7.75. The minimum absolute atomic E-state index is 0.0321. The van der Waals surface area contributed by atoms with Crippen LogP contribution in [0.3, 0.4) is 0 Å². The molecule has 2 aromatic heterocycles. The summed E-state index contributed by atoms with van der Waals surface area (Å²) in [5.74, 6) is -0.111. The average Bonchev–Trinajstić information content (AvgIpc) is 3.44. The molecule has 0 unspecified atom stereocenters. The SMILES string of the molecule is CCN(CC(=O)NCc1cccs1)CC(=O)N(C)Cc1cnn(-c2ccccc2)c1. The predicted octanol–water partition coefficient (Wildman–Crippen LogP) is 2.53. The second kappa shape index (κ2) is 10.7. The summed E-state index contributed by atoms with van der Waals surface area (Å²) in [6.45, 7) is 3.96. The molecule has 30 heavy (non-hydrogen) atoms. The Morgan fingerprint density at radius 2 is 1.93 bits per heavy atom. The van der Waals surface area contributed by atoms with Gasteiger partial charge in [-0.2, -0.15) is 5.10 Å². The topological polar surface area (TPSA) is 70.5 Å². The molecule has 3 aromatic rings. The summed E-state index contributed by atoms with van der Waals surface area (Å²) in [5, 5.41) is 9.26. The highest BCUT2D eigenvalue weighted by Crippen LogP contribution is 2.10. The third-order valence-corrected chi connectivity index (χ3v) is 5.59. The molecule has 3 rings (SSSR count). The largest absolute Gasteiger partial charge is 0.350 e. The van der Waals surface area contributed by atoms with Gasteiger partial charge in [0.25, 0.3) is 0 Å². The number of nitrogens with one attached hydrogen (secondary N) is 1. The first kappa shape index (κ1) is 21.7. The monoisotopic (exact) mass is 425 g/mol. The van der Waals surface area contributed by atoms with Gasteiger partial charge in [-0.1, -0.05) is 31.2 Å². The molecule has 0 saturated heterocycles. The standard InChI is InChI=1S/C22H27N5O2S/c1-3-26(16-21(28)23-13-20-10-7-11-30-20)17-22(29)25(2)14-18-12-24-27(15-18)19-8-5-4-6-9-19/h4-12,15H,3,13-14,16-17H2,1-2H3,(H,23,28). The first-order valence-electron chi connectivity index (χ1n) is 9.89. The van der Waals surface area contributed by atoms with Crippen molar-refractivity contribution in [1.82, 2.24) is 24.9 Å². The van der Waals surface area contributed by atoms with Crippen molar-refractivity contribution in [2.45, 2.75) is 20.0 Å². The summed E-state index contributed by atoms with van der Waals surface area (Å²) in [5.41, 5.74) is 1.93. The number of nitrogens with zero attached hydrogens (tertiary/aromatic N) is 4. The molecule has 2 amide bonds. The van der Waals surface area contributed by atoms with E-state index in [0.717, 1.165) is 16.1 Å². The van der Waals surface area contributed by atoms with E-state index in [-0.39, 0.29) is 24.9 Å². The van der Waals surface area contributed by atoms with E-state index in [0.29, 0.717) is 19.6 Å². The highest BCUT2D eigenvalue weighted by Gasteiger charge is 2.17. The molecule has 0 aliphatic carbocycles. The Morgan fingerprint density at radius 1 is 1.13 bits per heavy atom. The quantitative estimate of drug-likeness (QED) is 0.542. The van der Waals surface area contributed by atoms with E-state index in [2.05, 4.69) is 10.4 Å². The van der Waals surface area contributed by atoms with Crippen molar-refractivity contribution in [2.75, 3.05) is 26.7 Å². The van der Waals surface area contributed by atoms with E-state index in [4.69, 9.17) is 0 Å². The molecule has 7 nitrogen and oxygen atoms in total. The Hall–Kier alpha value is -2.97. The molecule has 0 aliphatic rings. The van der Waals surface area contributed by atoms with E-state index < -0.39 is 0 Å². The van der Waals surface area contributed by atoms with Gasteiger partial charge in [-0.3, -0.25) is 14.5 Å². The first-order valence-corrected chi connectivity index (χ1v) is 10.8. The van der Waals surface area contributed by atoms with Crippen LogP contribution in [0.2, 0.25) is 0 Å². The number of benzene rings is 1. The fourth-order valence-electron chi connectivity index (χ4n) is 2.98. The molecule has 1 aromatic carbocycles. The van der Waals surface area contributed by atoms with Crippen LogP contribution in [0.1, 0.15) is 17.4 Å². The van der Waals surface area contributed by atoms with Crippen LogP contribution < -0.4 is 5.32 Å². The van der Waals surface area contributed by atoms with Crippen LogP contribution in [0, 0.1) is 0 Å². The Morgan fingerprint density at radius 3 is 2.63 bits per heavy atom. The van der Waals surface area contributed by atoms with Gasteiger partial charge < -0.3 is 10.2 Å². The number of likely N-dealkylation sites (N-methyl/N-ethyl adjacent to an activating group) is 2. The van der Waals surface area contributed by atoms with Crippen LogP contribution in [0.5, 0.6) is 0 Å². The van der Waals surface area contributed by atoms with Gasteiger partial charge in [-0.25, -0.2) is 4.68 Å². The lowest BCUT2D eigenvalue weighted by molar-refractivity contribution is -0.132. The number of thiophene rings is 1. The van der Waals surface area contributed by atoms with Gasteiger partial charge in [-0.15, -0.1) is 11.3 Å². The van der Waals surface area contributed by atoms with E-state index in [1.54, 1.807) is 34.2 Å². The molecule has 0 fully saturated rings. The highest BCUT2D eigenvalue weighted by atomic mass is 32.1. The molecular weight excluding hydrogens is 398 g/mol. The Balaban J connectivity index is 1.47. The first-order chi connectivity index (χ1) is 14.5. The lowest BCUT2D eigenvalue weighted by Crippen LogP contribution is -2.43. The molecule has 8 heteroatoms. The zero-order valence-electron chi connectivity index (χ0n) is 17.3. The minimum atomic E-state index is -0.0789. The summed E-state index contributed by atoms with van der Waals surface area (Å²) in [4.78, 5) is 29.5.